The average Bonchev–Trinajstić information content (AvgIpc) is 2.66. The second-order valence-electron chi connectivity index (χ2n) is 7.10. The first-order valence-corrected chi connectivity index (χ1v) is 10.7. The van der Waals surface area contributed by atoms with E-state index in [0.717, 1.165) is 12.0 Å². The van der Waals surface area contributed by atoms with E-state index in [1.807, 2.05) is 6.92 Å². The Hall–Kier alpha value is -2.54. The van der Waals surface area contributed by atoms with Crippen molar-refractivity contribution in [2.75, 3.05) is 24.5 Å². The van der Waals surface area contributed by atoms with Gasteiger partial charge in [0.15, 0.2) is 6.61 Å². The molecular formula is C21H28N2O4S. The average molecular weight is 405 g/mol. The van der Waals surface area contributed by atoms with Gasteiger partial charge in [0.2, 0.25) is 0 Å². The van der Waals surface area contributed by atoms with Gasteiger partial charge < -0.3 is 10.1 Å². The molecule has 0 bridgehead atoms. The van der Waals surface area contributed by atoms with Gasteiger partial charge in [-0.1, -0.05) is 31.5 Å². The Balaban J connectivity index is 1.96. The molecule has 2 rings (SSSR count). The van der Waals surface area contributed by atoms with Crippen molar-refractivity contribution in [3.05, 3.63) is 54.1 Å². The third kappa shape index (κ3) is 5.99. The Morgan fingerprint density at radius 1 is 1.07 bits per heavy atom. The number of nitrogens with zero attached hydrogens (tertiary/aromatic N) is 1. The molecule has 0 atom stereocenters. The predicted octanol–water partition coefficient (Wildman–Crippen LogP) is 3.36. The van der Waals surface area contributed by atoms with Gasteiger partial charge in [-0.25, -0.2) is 8.42 Å². The third-order valence-corrected chi connectivity index (χ3v) is 6.09. The number of amides is 1. The van der Waals surface area contributed by atoms with E-state index in [1.165, 1.54) is 11.4 Å². The lowest BCUT2D eigenvalue weighted by Gasteiger charge is -2.20. The molecule has 152 valence electrons. The van der Waals surface area contributed by atoms with Crippen molar-refractivity contribution < 1.29 is 17.9 Å². The molecule has 0 aliphatic rings. The number of sulfonamides is 1. The number of anilines is 1. The highest BCUT2D eigenvalue weighted by Crippen LogP contribution is 2.24. The summed E-state index contributed by atoms with van der Waals surface area (Å²) in [6.07, 6.45) is 0.919. The van der Waals surface area contributed by atoms with Gasteiger partial charge in [-0.2, -0.15) is 0 Å². The van der Waals surface area contributed by atoms with E-state index in [-0.39, 0.29) is 17.4 Å². The van der Waals surface area contributed by atoms with Gasteiger partial charge in [0.25, 0.3) is 15.9 Å². The first kappa shape index (κ1) is 21.8. The number of aryl methyl sites for hydroxylation is 1. The van der Waals surface area contributed by atoms with Gasteiger partial charge in [0.1, 0.15) is 5.75 Å². The van der Waals surface area contributed by atoms with Crippen LogP contribution >= 0.6 is 0 Å². The molecule has 0 spiro atoms. The predicted molar refractivity (Wildman–Crippen MR) is 111 cm³/mol. The van der Waals surface area contributed by atoms with Crippen LogP contribution in [0.25, 0.3) is 0 Å². The minimum atomic E-state index is -3.64. The molecule has 1 N–H and O–H groups in total. The number of hydrogen-bond donors (Lipinski definition) is 1. The topological polar surface area (TPSA) is 75.7 Å². The summed E-state index contributed by atoms with van der Waals surface area (Å²) in [5.74, 6) is 0.856. The van der Waals surface area contributed by atoms with Gasteiger partial charge >= 0.3 is 0 Å². The molecule has 0 radical (unpaired) electrons. The molecular weight excluding hydrogens is 376 g/mol. The molecule has 0 aliphatic carbocycles. The first-order chi connectivity index (χ1) is 13.2. The van der Waals surface area contributed by atoms with Crippen LogP contribution in [-0.4, -0.2) is 34.5 Å². The Bertz CT molecular complexity index is 876. The molecule has 0 unspecified atom stereocenters. The Labute approximate surface area is 167 Å². The van der Waals surface area contributed by atoms with Crippen LogP contribution in [0.4, 0.5) is 5.69 Å². The Morgan fingerprint density at radius 3 is 2.25 bits per heavy atom. The molecule has 2 aromatic rings. The van der Waals surface area contributed by atoms with Crippen molar-refractivity contribution in [2.45, 2.75) is 32.1 Å². The lowest BCUT2D eigenvalue weighted by atomic mass is 10.1. The van der Waals surface area contributed by atoms with Crippen molar-refractivity contribution in [3.8, 4) is 5.75 Å². The Kier molecular flexibility index (Phi) is 7.45. The van der Waals surface area contributed by atoms with E-state index in [2.05, 4.69) is 19.2 Å². The van der Waals surface area contributed by atoms with Crippen LogP contribution in [0.5, 0.6) is 5.75 Å². The Morgan fingerprint density at radius 2 is 1.68 bits per heavy atom. The lowest BCUT2D eigenvalue weighted by Crippen LogP contribution is -2.30. The van der Waals surface area contributed by atoms with Crippen molar-refractivity contribution in [1.29, 1.82) is 0 Å². The highest BCUT2D eigenvalue weighted by Gasteiger charge is 2.21. The van der Waals surface area contributed by atoms with Crippen LogP contribution in [0.2, 0.25) is 0 Å². The number of carbonyl (C=O) groups is 1. The fourth-order valence-electron chi connectivity index (χ4n) is 2.46. The second kappa shape index (κ2) is 9.59. The van der Waals surface area contributed by atoms with Crippen LogP contribution in [-0.2, 0) is 14.8 Å². The minimum Gasteiger partial charge on any atom is -0.484 e. The molecule has 6 nitrogen and oxygen atoms in total. The maximum absolute atomic E-state index is 12.7. The van der Waals surface area contributed by atoms with Crippen molar-refractivity contribution >= 4 is 21.6 Å². The molecule has 0 aromatic heterocycles. The second-order valence-corrected chi connectivity index (χ2v) is 9.07. The molecule has 0 heterocycles. The van der Waals surface area contributed by atoms with Crippen molar-refractivity contribution in [3.63, 3.8) is 0 Å². The zero-order valence-electron chi connectivity index (χ0n) is 16.8. The molecule has 7 heteroatoms. The van der Waals surface area contributed by atoms with Crippen LogP contribution in [0.15, 0.2) is 53.4 Å². The summed E-state index contributed by atoms with van der Waals surface area (Å²) in [5.41, 5.74) is 1.51. The largest absolute Gasteiger partial charge is 0.484 e. The fourth-order valence-corrected chi connectivity index (χ4v) is 3.66. The monoisotopic (exact) mass is 404 g/mol. The summed E-state index contributed by atoms with van der Waals surface area (Å²) < 4.78 is 32.2. The SMILES string of the molecule is Cc1ccc(S(=O)(=O)N(C)c2ccc(OCC(=O)NCCC(C)C)cc2)cc1. The minimum absolute atomic E-state index is 0.0745. The third-order valence-electron chi connectivity index (χ3n) is 4.29. The normalized spacial score (nSPS) is 11.3. The van der Waals surface area contributed by atoms with E-state index in [4.69, 9.17) is 4.74 Å². The number of benzene rings is 2. The maximum Gasteiger partial charge on any atom is 0.264 e. The van der Waals surface area contributed by atoms with Crippen LogP contribution in [0.3, 0.4) is 0 Å². The number of ether oxygens (including phenoxy) is 1. The molecule has 0 saturated heterocycles. The van der Waals surface area contributed by atoms with Crippen LogP contribution in [0, 0.1) is 12.8 Å². The summed E-state index contributed by atoms with van der Waals surface area (Å²) in [4.78, 5) is 12.0. The van der Waals surface area contributed by atoms with E-state index < -0.39 is 10.0 Å². The smallest absolute Gasteiger partial charge is 0.264 e. The highest BCUT2D eigenvalue weighted by molar-refractivity contribution is 7.92. The van der Waals surface area contributed by atoms with Crippen LogP contribution in [0.1, 0.15) is 25.8 Å². The number of hydrogen-bond acceptors (Lipinski definition) is 4. The van der Waals surface area contributed by atoms with Gasteiger partial charge in [0, 0.05) is 13.6 Å². The molecule has 0 aliphatic heterocycles. The zero-order valence-corrected chi connectivity index (χ0v) is 17.6. The molecule has 1 amide bonds. The van der Waals surface area contributed by atoms with Crippen molar-refractivity contribution in [1.82, 2.24) is 5.32 Å². The van der Waals surface area contributed by atoms with E-state index in [1.54, 1.807) is 48.5 Å². The summed E-state index contributed by atoms with van der Waals surface area (Å²) >= 11 is 0. The van der Waals surface area contributed by atoms with E-state index in [0.29, 0.717) is 23.9 Å². The van der Waals surface area contributed by atoms with Gasteiger partial charge in [-0.3, -0.25) is 9.10 Å². The standard InChI is InChI=1S/C21H28N2O4S/c1-16(2)13-14-22-21(24)15-27-19-9-7-18(8-10-19)23(4)28(25,26)20-11-5-17(3)6-12-20/h5-12,16H,13-15H2,1-4H3,(H,22,24). The lowest BCUT2D eigenvalue weighted by molar-refractivity contribution is -0.123. The molecule has 0 fully saturated rings. The molecule has 28 heavy (non-hydrogen) atoms. The number of carbonyl (C=O) groups excluding carboxylic acids is 1. The quantitative estimate of drug-likeness (QED) is 0.695. The van der Waals surface area contributed by atoms with E-state index >= 15 is 0 Å². The van der Waals surface area contributed by atoms with Gasteiger partial charge in [0.05, 0.1) is 10.6 Å². The summed E-state index contributed by atoms with van der Waals surface area (Å²) in [7, 11) is -2.13. The van der Waals surface area contributed by atoms with Gasteiger partial charge in [-0.15, -0.1) is 0 Å². The van der Waals surface area contributed by atoms with Crippen molar-refractivity contribution in [2.24, 2.45) is 5.92 Å². The van der Waals surface area contributed by atoms with Gasteiger partial charge in [-0.05, 0) is 55.7 Å². The fraction of sp³-hybridized carbons (Fsp3) is 0.381. The maximum atomic E-state index is 12.7. The first-order valence-electron chi connectivity index (χ1n) is 9.25. The summed E-state index contributed by atoms with van der Waals surface area (Å²) in [6, 6.07) is 13.3. The number of nitrogens with one attached hydrogen (secondary N) is 1. The highest BCUT2D eigenvalue weighted by atomic mass is 32.2. The zero-order chi connectivity index (χ0) is 20.7. The van der Waals surface area contributed by atoms with Crippen LogP contribution < -0.4 is 14.4 Å². The molecule has 0 saturated carbocycles. The molecule has 2 aromatic carbocycles. The van der Waals surface area contributed by atoms with E-state index in [9.17, 15) is 13.2 Å². The summed E-state index contributed by atoms with van der Waals surface area (Å²) in [5, 5.41) is 2.80. The number of rotatable bonds is 9. The summed E-state index contributed by atoms with van der Waals surface area (Å²) in [6.45, 7) is 6.65.